The molecule has 0 aliphatic rings. The van der Waals surface area contributed by atoms with Crippen LogP contribution in [0.25, 0.3) is 0 Å². The fourth-order valence-corrected chi connectivity index (χ4v) is 3.24. The number of carbonyl (C=O) groups is 1. The second-order valence-corrected chi connectivity index (χ2v) is 8.27. The molecule has 5 nitrogen and oxygen atoms in total. The van der Waals surface area contributed by atoms with Crippen LogP contribution >= 0.6 is 11.6 Å². The maximum Gasteiger partial charge on any atom is 0.255 e. The molecule has 0 radical (unpaired) electrons. The van der Waals surface area contributed by atoms with E-state index in [1.807, 2.05) is 6.92 Å². The zero-order valence-corrected chi connectivity index (χ0v) is 15.5. The van der Waals surface area contributed by atoms with Crippen LogP contribution in [0.5, 0.6) is 0 Å². The van der Waals surface area contributed by atoms with Gasteiger partial charge < -0.3 is 5.32 Å². The first kappa shape index (κ1) is 18.4. The van der Waals surface area contributed by atoms with Crippen LogP contribution < -0.4 is 5.32 Å². The quantitative estimate of drug-likeness (QED) is 0.901. The number of benzene rings is 2. The standard InChI is InChI=1S/C17H19ClN2O3S/c1-11-6-8-14(24(22,23)20(3)4)10-15(11)17(21)19-16-9-13(18)7-5-12(16)2/h5-10H,1-4H3,(H,19,21). The number of nitrogens with one attached hydrogen (secondary N) is 1. The zero-order chi connectivity index (χ0) is 18.1. The number of halogens is 1. The van der Waals surface area contributed by atoms with Crippen LogP contribution in [0.4, 0.5) is 5.69 Å². The number of nitrogens with zero attached hydrogens (tertiary/aromatic N) is 1. The molecule has 0 aliphatic carbocycles. The average Bonchev–Trinajstić information content (AvgIpc) is 2.50. The second-order valence-electron chi connectivity index (χ2n) is 5.68. The molecular formula is C17H19ClN2O3S. The van der Waals surface area contributed by atoms with Crippen LogP contribution in [0.1, 0.15) is 21.5 Å². The van der Waals surface area contributed by atoms with Crippen molar-refractivity contribution in [2.75, 3.05) is 19.4 Å². The number of aryl methyl sites for hydroxylation is 2. The number of carbonyl (C=O) groups excluding carboxylic acids is 1. The Kier molecular flexibility index (Phi) is 5.32. The molecule has 0 saturated carbocycles. The van der Waals surface area contributed by atoms with Crippen molar-refractivity contribution in [1.82, 2.24) is 4.31 Å². The maximum atomic E-state index is 12.6. The first-order valence-corrected chi connectivity index (χ1v) is 9.05. The smallest absolute Gasteiger partial charge is 0.255 e. The molecule has 0 fully saturated rings. The Morgan fingerprint density at radius 3 is 2.29 bits per heavy atom. The van der Waals surface area contributed by atoms with E-state index in [2.05, 4.69) is 5.32 Å². The third-order valence-electron chi connectivity index (χ3n) is 3.68. The van der Waals surface area contributed by atoms with E-state index in [9.17, 15) is 13.2 Å². The third-order valence-corrected chi connectivity index (χ3v) is 5.73. The molecular weight excluding hydrogens is 348 g/mol. The van der Waals surface area contributed by atoms with Crippen LogP contribution in [-0.4, -0.2) is 32.7 Å². The minimum atomic E-state index is -3.61. The molecule has 2 aromatic rings. The normalized spacial score (nSPS) is 11.6. The van der Waals surface area contributed by atoms with Gasteiger partial charge in [0.1, 0.15) is 0 Å². The van der Waals surface area contributed by atoms with Gasteiger partial charge in [0.05, 0.1) is 4.90 Å². The number of amides is 1. The van der Waals surface area contributed by atoms with E-state index >= 15 is 0 Å². The fourth-order valence-electron chi connectivity index (χ4n) is 2.14. The van der Waals surface area contributed by atoms with E-state index in [4.69, 9.17) is 11.6 Å². The van der Waals surface area contributed by atoms with Crippen molar-refractivity contribution >= 4 is 33.2 Å². The van der Waals surface area contributed by atoms with E-state index in [-0.39, 0.29) is 10.8 Å². The summed E-state index contributed by atoms with van der Waals surface area (Å²) in [5.41, 5.74) is 2.44. The van der Waals surface area contributed by atoms with Crippen LogP contribution in [0.3, 0.4) is 0 Å². The van der Waals surface area contributed by atoms with E-state index < -0.39 is 10.0 Å². The molecule has 2 rings (SSSR count). The van der Waals surface area contributed by atoms with E-state index in [0.717, 1.165) is 9.87 Å². The van der Waals surface area contributed by atoms with E-state index in [1.54, 1.807) is 31.2 Å². The Labute approximate surface area is 147 Å². The molecule has 0 saturated heterocycles. The molecule has 24 heavy (non-hydrogen) atoms. The molecule has 1 N–H and O–H groups in total. The first-order chi connectivity index (χ1) is 11.1. The molecule has 0 heterocycles. The largest absolute Gasteiger partial charge is 0.322 e. The summed E-state index contributed by atoms with van der Waals surface area (Å²) in [6.45, 7) is 3.61. The Morgan fingerprint density at radius 1 is 1.04 bits per heavy atom. The summed E-state index contributed by atoms with van der Waals surface area (Å²) >= 11 is 5.96. The van der Waals surface area contributed by atoms with Gasteiger partial charge >= 0.3 is 0 Å². The summed E-state index contributed by atoms with van der Waals surface area (Å²) < 4.78 is 25.6. The van der Waals surface area contributed by atoms with Crippen LogP contribution in [0.2, 0.25) is 5.02 Å². The molecule has 128 valence electrons. The summed E-state index contributed by atoms with van der Waals surface area (Å²) in [7, 11) is -0.708. The van der Waals surface area contributed by atoms with Crippen molar-refractivity contribution in [2.45, 2.75) is 18.7 Å². The Balaban J connectivity index is 2.41. The molecule has 1 amide bonds. The van der Waals surface area contributed by atoms with Crippen LogP contribution in [-0.2, 0) is 10.0 Å². The highest BCUT2D eigenvalue weighted by molar-refractivity contribution is 7.89. The van der Waals surface area contributed by atoms with Gasteiger partial charge in [-0.3, -0.25) is 4.79 Å². The minimum Gasteiger partial charge on any atom is -0.322 e. The SMILES string of the molecule is Cc1ccc(Cl)cc1NC(=O)c1cc(S(=O)(=O)N(C)C)ccc1C. The Bertz CT molecular complexity index is 893. The van der Waals surface area contributed by atoms with Crippen molar-refractivity contribution in [1.29, 1.82) is 0 Å². The lowest BCUT2D eigenvalue weighted by Crippen LogP contribution is -2.23. The van der Waals surface area contributed by atoms with Crippen LogP contribution in [0, 0.1) is 13.8 Å². The number of hydrogen-bond donors (Lipinski definition) is 1. The molecule has 0 atom stereocenters. The average molecular weight is 367 g/mol. The summed E-state index contributed by atoms with van der Waals surface area (Å²) in [6.07, 6.45) is 0. The molecule has 0 aliphatic heterocycles. The van der Waals surface area contributed by atoms with Crippen molar-refractivity contribution in [3.05, 3.63) is 58.1 Å². The fraction of sp³-hybridized carbons (Fsp3) is 0.235. The molecule has 7 heteroatoms. The molecule has 0 bridgehead atoms. The molecule has 2 aromatic carbocycles. The van der Waals surface area contributed by atoms with Gasteiger partial charge in [-0.05, 0) is 49.2 Å². The number of anilines is 1. The molecule has 0 spiro atoms. The van der Waals surface area contributed by atoms with Gasteiger partial charge in [0.15, 0.2) is 0 Å². The summed E-state index contributed by atoms with van der Waals surface area (Å²) in [5, 5.41) is 3.29. The Hall–Kier alpha value is -1.89. The third kappa shape index (κ3) is 3.77. The lowest BCUT2D eigenvalue weighted by atomic mass is 10.1. The zero-order valence-electron chi connectivity index (χ0n) is 13.9. The number of sulfonamides is 1. The minimum absolute atomic E-state index is 0.0751. The van der Waals surface area contributed by atoms with Crippen molar-refractivity contribution in [3.8, 4) is 0 Å². The number of rotatable bonds is 4. The second kappa shape index (κ2) is 6.93. The monoisotopic (exact) mass is 366 g/mol. The molecule has 0 aromatic heterocycles. The van der Waals surface area contributed by atoms with Gasteiger partial charge in [0.25, 0.3) is 5.91 Å². The van der Waals surface area contributed by atoms with Gasteiger partial charge in [0, 0.05) is 30.4 Å². The lowest BCUT2D eigenvalue weighted by molar-refractivity contribution is 0.102. The van der Waals surface area contributed by atoms with Gasteiger partial charge in [-0.25, -0.2) is 12.7 Å². The molecule has 0 unspecified atom stereocenters. The van der Waals surface area contributed by atoms with Crippen molar-refractivity contribution < 1.29 is 13.2 Å². The summed E-state index contributed by atoms with van der Waals surface area (Å²) in [6, 6.07) is 9.70. The highest BCUT2D eigenvalue weighted by atomic mass is 35.5. The van der Waals surface area contributed by atoms with Gasteiger partial charge in [-0.15, -0.1) is 0 Å². The summed E-state index contributed by atoms with van der Waals surface area (Å²) in [4.78, 5) is 12.7. The van der Waals surface area contributed by atoms with Crippen LogP contribution in [0.15, 0.2) is 41.3 Å². The number of hydrogen-bond acceptors (Lipinski definition) is 3. The predicted molar refractivity (Wildman–Crippen MR) is 96.2 cm³/mol. The van der Waals surface area contributed by atoms with E-state index in [1.165, 1.54) is 26.2 Å². The predicted octanol–water partition coefficient (Wildman–Crippen LogP) is 3.46. The highest BCUT2D eigenvalue weighted by Gasteiger charge is 2.20. The van der Waals surface area contributed by atoms with Crippen molar-refractivity contribution in [2.24, 2.45) is 0 Å². The van der Waals surface area contributed by atoms with Gasteiger partial charge in [-0.1, -0.05) is 23.7 Å². The summed E-state index contributed by atoms with van der Waals surface area (Å²) in [5.74, 6) is -0.381. The lowest BCUT2D eigenvalue weighted by Gasteiger charge is -2.14. The van der Waals surface area contributed by atoms with Gasteiger partial charge in [0.2, 0.25) is 10.0 Å². The first-order valence-electron chi connectivity index (χ1n) is 7.23. The highest BCUT2D eigenvalue weighted by Crippen LogP contribution is 2.23. The van der Waals surface area contributed by atoms with Gasteiger partial charge in [-0.2, -0.15) is 0 Å². The Morgan fingerprint density at radius 2 is 1.67 bits per heavy atom. The maximum absolute atomic E-state index is 12.6. The van der Waals surface area contributed by atoms with Crippen molar-refractivity contribution in [3.63, 3.8) is 0 Å². The topological polar surface area (TPSA) is 66.5 Å². The van der Waals surface area contributed by atoms with E-state index in [0.29, 0.717) is 21.8 Å².